The molecular formula is C11H10O2. The van der Waals surface area contributed by atoms with Crippen LogP contribution in [0, 0.1) is 12.3 Å². The molecular weight excluding hydrogens is 164 g/mol. The molecule has 0 heterocycles. The van der Waals surface area contributed by atoms with E-state index in [-0.39, 0.29) is 5.97 Å². The first kappa shape index (κ1) is 9.34. The van der Waals surface area contributed by atoms with Crippen molar-refractivity contribution in [3.05, 3.63) is 35.9 Å². The van der Waals surface area contributed by atoms with Gasteiger partial charge in [0.1, 0.15) is 0 Å². The number of carbonyl (C=O) groups is 1. The Morgan fingerprint density at radius 2 is 2.08 bits per heavy atom. The summed E-state index contributed by atoms with van der Waals surface area (Å²) < 4.78 is 4.91. The highest BCUT2D eigenvalue weighted by molar-refractivity contribution is 5.66. The van der Waals surface area contributed by atoms with Crippen LogP contribution in [0.4, 0.5) is 0 Å². The Bertz CT molecular complexity index is 322. The molecule has 0 N–H and O–H groups in total. The number of carbonyl (C=O) groups excluding carboxylic acids is 1. The van der Waals surface area contributed by atoms with Crippen molar-refractivity contribution < 1.29 is 9.53 Å². The molecule has 1 rings (SSSR count). The van der Waals surface area contributed by atoms with Crippen LogP contribution < -0.4 is 0 Å². The van der Waals surface area contributed by atoms with E-state index >= 15 is 0 Å². The highest BCUT2D eigenvalue weighted by Crippen LogP contribution is 2.15. The van der Waals surface area contributed by atoms with Gasteiger partial charge in [0.15, 0.2) is 6.10 Å². The Balaban J connectivity index is 2.80. The number of ether oxygens (including phenoxy) is 1. The maximum atomic E-state index is 10.7. The summed E-state index contributed by atoms with van der Waals surface area (Å²) in [4.78, 5) is 10.7. The summed E-state index contributed by atoms with van der Waals surface area (Å²) in [5, 5.41) is 0. The van der Waals surface area contributed by atoms with Crippen LogP contribution in [-0.4, -0.2) is 5.97 Å². The van der Waals surface area contributed by atoms with Crippen molar-refractivity contribution in [3.63, 3.8) is 0 Å². The van der Waals surface area contributed by atoms with Gasteiger partial charge in [-0.1, -0.05) is 36.3 Å². The summed E-state index contributed by atoms with van der Waals surface area (Å²) in [7, 11) is 0. The molecule has 1 atom stereocenters. The highest BCUT2D eigenvalue weighted by atomic mass is 16.5. The Morgan fingerprint density at radius 1 is 1.46 bits per heavy atom. The first-order valence-corrected chi connectivity index (χ1v) is 3.92. The summed E-state index contributed by atoms with van der Waals surface area (Å²) in [6.45, 7) is 1.34. The van der Waals surface area contributed by atoms with Crippen molar-refractivity contribution in [1.29, 1.82) is 0 Å². The largest absolute Gasteiger partial charge is 0.444 e. The normalized spacial score (nSPS) is 11.4. The molecule has 2 heteroatoms. The maximum Gasteiger partial charge on any atom is 0.304 e. The Labute approximate surface area is 77.5 Å². The van der Waals surface area contributed by atoms with Crippen molar-refractivity contribution in [2.45, 2.75) is 13.0 Å². The van der Waals surface area contributed by atoms with Crippen LogP contribution in [0.5, 0.6) is 0 Å². The summed E-state index contributed by atoms with van der Waals surface area (Å²) in [6.07, 6.45) is 4.66. The topological polar surface area (TPSA) is 26.3 Å². The van der Waals surface area contributed by atoms with E-state index in [2.05, 4.69) is 5.92 Å². The van der Waals surface area contributed by atoms with E-state index in [1.165, 1.54) is 6.92 Å². The van der Waals surface area contributed by atoms with Gasteiger partial charge in [-0.3, -0.25) is 4.79 Å². The van der Waals surface area contributed by atoms with Gasteiger partial charge in [-0.15, -0.1) is 6.42 Å². The van der Waals surface area contributed by atoms with Crippen LogP contribution >= 0.6 is 0 Å². The molecule has 13 heavy (non-hydrogen) atoms. The fourth-order valence-corrected chi connectivity index (χ4v) is 0.992. The van der Waals surface area contributed by atoms with Gasteiger partial charge in [-0.25, -0.2) is 0 Å². The van der Waals surface area contributed by atoms with Gasteiger partial charge in [0.05, 0.1) is 0 Å². The number of terminal acetylenes is 1. The number of hydrogen-bond acceptors (Lipinski definition) is 2. The van der Waals surface area contributed by atoms with Gasteiger partial charge in [0.2, 0.25) is 0 Å². The second-order valence-corrected chi connectivity index (χ2v) is 2.57. The highest BCUT2D eigenvalue weighted by Gasteiger charge is 2.09. The summed E-state index contributed by atoms with van der Waals surface area (Å²) in [6, 6.07) is 9.23. The Kier molecular flexibility index (Phi) is 3.10. The van der Waals surface area contributed by atoms with Crippen LogP contribution in [0.3, 0.4) is 0 Å². The molecule has 0 aliphatic carbocycles. The molecule has 0 aromatic heterocycles. The molecule has 0 saturated heterocycles. The second-order valence-electron chi connectivity index (χ2n) is 2.57. The van der Waals surface area contributed by atoms with Crippen LogP contribution in [0.1, 0.15) is 18.6 Å². The van der Waals surface area contributed by atoms with Gasteiger partial charge in [0.25, 0.3) is 0 Å². The van der Waals surface area contributed by atoms with Crippen LogP contribution in [0.25, 0.3) is 0 Å². The minimum absolute atomic E-state index is 0.369. The van der Waals surface area contributed by atoms with Crippen LogP contribution in [0.15, 0.2) is 30.3 Å². The zero-order chi connectivity index (χ0) is 9.68. The molecule has 0 bridgehead atoms. The third kappa shape index (κ3) is 2.64. The zero-order valence-corrected chi connectivity index (χ0v) is 7.36. The standard InChI is InChI=1S/C11H10O2/c1-3-11(13-9(2)12)10-7-5-4-6-8-10/h1,4-8,11H,2H3/t11-/m1/s1. The molecule has 66 valence electrons. The fraction of sp³-hybridized carbons (Fsp3) is 0.182. The predicted molar refractivity (Wildman–Crippen MR) is 49.8 cm³/mol. The molecule has 1 aromatic carbocycles. The lowest BCUT2D eigenvalue weighted by atomic mass is 10.1. The average Bonchev–Trinajstić information content (AvgIpc) is 2.15. The number of hydrogen-bond donors (Lipinski definition) is 0. The van der Waals surface area contributed by atoms with E-state index in [1.807, 2.05) is 30.3 Å². The van der Waals surface area contributed by atoms with E-state index in [0.29, 0.717) is 0 Å². The zero-order valence-electron chi connectivity index (χ0n) is 7.36. The summed E-state index contributed by atoms with van der Waals surface area (Å²) in [5.74, 6) is 2.04. The smallest absolute Gasteiger partial charge is 0.304 e. The predicted octanol–water partition coefficient (Wildman–Crippen LogP) is 1.92. The second kappa shape index (κ2) is 4.32. The molecule has 0 spiro atoms. The third-order valence-electron chi connectivity index (χ3n) is 1.54. The summed E-state index contributed by atoms with van der Waals surface area (Å²) >= 11 is 0. The van der Waals surface area contributed by atoms with Gasteiger partial charge in [-0.2, -0.15) is 0 Å². The molecule has 1 aromatic rings. The molecule has 0 fully saturated rings. The van der Waals surface area contributed by atoms with Gasteiger partial charge < -0.3 is 4.74 Å². The molecule has 0 unspecified atom stereocenters. The lowest BCUT2D eigenvalue weighted by Gasteiger charge is -2.10. The molecule has 0 aliphatic rings. The molecule has 0 aliphatic heterocycles. The lowest BCUT2D eigenvalue weighted by molar-refractivity contribution is -0.144. The molecule has 0 saturated carbocycles. The summed E-state index contributed by atoms with van der Waals surface area (Å²) in [5.41, 5.74) is 0.820. The lowest BCUT2D eigenvalue weighted by Crippen LogP contribution is -2.05. The molecule has 2 nitrogen and oxygen atoms in total. The van der Waals surface area contributed by atoms with E-state index in [4.69, 9.17) is 11.2 Å². The number of rotatable bonds is 2. The first-order valence-electron chi connectivity index (χ1n) is 3.92. The van der Waals surface area contributed by atoms with E-state index in [9.17, 15) is 4.79 Å². The minimum atomic E-state index is -0.571. The first-order chi connectivity index (χ1) is 6.24. The van der Waals surface area contributed by atoms with Crippen LogP contribution in [-0.2, 0) is 9.53 Å². The van der Waals surface area contributed by atoms with Crippen molar-refractivity contribution in [2.75, 3.05) is 0 Å². The minimum Gasteiger partial charge on any atom is -0.444 e. The van der Waals surface area contributed by atoms with Crippen molar-refractivity contribution in [2.24, 2.45) is 0 Å². The van der Waals surface area contributed by atoms with E-state index in [1.54, 1.807) is 0 Å². The quantitative estimate of drug-likeness (QED) is 0.505. The monoisotopic (exact) mass is 174 g/mol. The number of benzene rings is 1. The van der Waals surface area contributed by atoms with Crippen molar-refractivity contribution in [3.8, 4) is 12.3 Å². The van der Waals surface area contributed by atoms with Crippen molar-refractivity contribution in [1.82, 2.24) is 0 Å². The maximum absolute atomic E-state index is 10.7. The Morgan fingerprint density at radius 3 is 2.54 bits per heavy atom. The Hall–Kier alpha value is -1.75. The third-order valence-corrected chi connectivity index (χ3v) is 1.54. The van der Waals surface area contributed by atoms with E-state index < -0.39 is 6.10 Å². The SMILES string of the molecule is C#C[C@@H](OC(C)=O)c1ccccc1. The van der Waals surface area contributed by atoms with Crippen LogP contribution in [0.2, 0.25) is 0 Å². The molecule has 0 radical (unpaired) electrons. The number of esters is 1. The average molecular weight is 174 g/mol. The van der Waals surface area contributed by atoms with Gasteiger partial charge in [-0.05, 0) is 0 Å². The van der Waals surface area contributed by atoms with E-state index in [0.717, 1.165) is 5.56 Å². The molecule has 0 amide bonds. The van der Waals surface area contributed by atoms with Gasteiger partial charge >= 0.3 is 5.97 Å². The van der Waals surface area contributed by atoms with Gasteiger partial charge in [0, 0.05) is 12.5 Å². The van der Waals surface area contributed by atoms with Crippen molar-refractivity contribution >= 4 is 5.97 Å². The fourth-order valence-electron chi connectivity index (χ4n) is 0.992.